The van der Waals surface area contributed by atoms with Gasteiger partial charge in [-0.3, -0.25) is 9.52 Å². The van der Waals surface area contributed by atoms with Crippen molar-refractivity contribution in [2.24, 2.45) is 0 Å². The lowest BCUT2D eigenvalue weighted by Crippen LogP contribution is -2.14. The molecule has 0 radical (unpaired) electrons. The number of benzene rings is 3. The number of anilines is 2. The molecule has 34 heavy (non-hydrogen) atoms. The van der Waals surface area contributed by atoms with Gasteiger partial charge in [0.15, 0.2) is 5.13 Å². The molecule has 2 N–H and O–H groups in total. The summed E-state index contributed by atoms with van der Waals surface area (Å²) in [5, 5.41) is 4.74. The molecule has 4 aromatic rings. The standard InChI is InChI=1S/C24H21N3O4S3/c28-23(18-6-10-20(11-7-18)31-15-17-32-21-4-2-1-3-5-21)26-19-8-12-22(13-9-19)34(29,30)27-24-25-14-16-33-24/h1-14,16H,15,17H2,(H,25,27)(H,26,28). The molecule has 0 saturated heterocycles. The number of aromatic nitrogens is 1. The number of hydrogen-bond acceptors (Lipinski definition) is 7. The summed E-state index contributed by atoms with van der Waals surface area (Å²) >= 11 is 2.91. The molecular weight excluding hydrogens is 490 g/mol. The summed E-state index contributed by atoms with van der Waals surface area (Å²) in [5.41, 5.74) is 0.949. The Kier molecular flexibility index (Phi) is 7.84. The highest BCUT2D eigenvalue weighted by molar-refractivity contribution is 7.99. The second-order valence-electron chi connectivity index (χ2n) is 6.96. The third-order valence-corrected chi connectivity index (χ3v) is 7.71. The second kappa shape index (κ2) is 11.2. The predicted octanol–water partition coefficient (Wildman–Crippen LogP) is 5.37. The summed E-state index contributed by atoms with van der Waals surface area (Å²) in [7, 11) is -3.74. The highest BCUT2D eigenvalue weighted by Crippen LogP contribution is 2.21. The summed E-state index contributed by atoms with van der Waals surface area (Å²) in [5.74, 6) is 1.20. The minimum Gasteiger partial charge on any atom is -0.493 e. The molecule has 0 aliphatic heterocycles. The van der Waals surface area contributed by atoms with Crippen LogP contribution < -0.4 is 14.8 Å². The van der Waals surface area contributed by atoms with E-state index < -0.39 is 10.0 Å². The van der Waals surface area contributed by atoms with Crippen LogP contribution in [-0.4, -0.2) is 31.7 Å². The topological polar surface area (TPSA) is 97.4 Å². The molecule has 0 spiro atoms. The summed E-state index contributed by atoms with van der Waals surface area (Å²) < 4.78 is 33.0. The van der Waals surface area contributed by atoms with Crippen molar-refractivity contribution in [1.82, 2.24) is 4.98 Å². The van der Waals surface area contributed by atoms with Gasteiger partial charge in [-0.25, -0.2) is 13.4 Å². The normalized spacial score (nSPS) is 11.1. The fraction of sp³-hybridized carbons (Fsp3) is 0.0833. The van der Waals surface area contributed by atoms with Crippen molar-refractivity contribution in [1.29, 1.82) is 0 Å². The average molecular weight is 512 g/mol. The van der Waals surface area contributed by atoms with Crippen LogP contribution >= 0.6 is 23.1 Å². The average Bonchev–Trinajstić information content (AvgIpc) is 3.35. The molecule has 0 fully saturated rings. The van der Waals surface area contributed by atoms with Crippen LogP contribution in [0.4, 0.5) is 10.8 Å². The van der Waals surface area contributed by atoms with E-state index in [2.05, 4.69) is 27.2 Å². The van der Waals surface area contributed by atoms with Crippen molar-refractivity contribution in [2.75, 3.05) is 22.4 Å². The minimum atomic E-state index is -3.74. The number of nitrogens with one attached hydrogen (secondary N) is 2. The molecule has 7 nitrogen and oxygen atoms in total. The molecular formula is C24H21N3O4S3. The number of amides is 1. The first-order valence-electron chi connectivity index (χ1n) is 10.2. The maximum atomic E-state index is 12.5. The van der Waals surface area contributed by atoms with Gasteiger partial charge in [0.2, 0.25) is 0 Å². The molecule has 3 aromatic carbocycles. The smallest absolute Gasteiger partial charge is 0.263 e. The molecule has 0 bridgehead atoms. The van der Waals surface area contributed by atoms with E-state index >= 15 is 0 Å². The predicted molar refractivity (Wildman–Crippen MR) is 136 cm³/mol. The number of rotatable bonds is 10. The Hall–Kier alpha value is -3.34. The van der Waals surface area contributed by atoms with E-state index in [4.69, 9.17) is 4.74 Å². The number of hydrogen-bond donors (Lipinski definition) is 2. The van der Waals surface area contributed by atoms with Crippen LogP contribution in [0, 0.1) is 0 Å². The third-order valence-electron chi connectivity index (χ3n) is 4.56. The van der Waals surface area contributed by atoms with Crippen molar-refractivity contribution in [3.05, 3.63) is 96.0 Å². The van der Waals surface area contributed by atoms with Gasteiger partial charge in [-0.05, 0) is 60.7 Å². The Bertz CT molecular complexity index is 1310. The molecule has 10 heteroatoms. The lowest BCUT2D eigenvalue weighted by atomic mass is 10.2. The van der Waals surface area contributed by atoms with E-state index in [-0.39, 0.29) is 10.8 Å². The van der Waals surface area contributed by atoms with Crippen LogP contribution in [0.2, 0.25) is 0 Å². The number of carbonyl (C=O) groups is 1. The Morgan fingerprint density at radius 1 is 0.971 bits per heavy atom. The van der Waals surface area contributed by atoms with Gasteiger partial charge in [0, 0.05) is 33.5 Å². The number of thiazole rings is 1. The zero-order valence-electron chi connectivity index (χ0n) is 17.9. The van der Waals surface area contributed by atoms with Crippen LogP contribution in [-0.2, 0) is 10.0 Å². The quantitative estimate of drug-likeness (QED) is 0.220. The van der Waals surface area contributed by atoms with E-state index in [1.54, 1.807) is 41.4 Å². The van der Waals surface area contributed by atoms with Crippen LogP contribution in [0.1, 0.15) is 10.4 Å². The molecule has 0 saturated carbocycles. The van der Waals surface area contributed by atoms with E-state index in [9.17, 15) is 13.2 Å². The molecule has 4 rings (SSSR count). The molecule has 0 unspecified atom stereocenters. The van der Waals surface area contributed by atoms with Crippen LogP contribution in [0.15, 0.2) is 100 Å². The SMILES string of the molecule is O=C(Nc1ccc(S(=O)(=O)Nc2nccs2)cc1)c1ccc(OCCSc2ccccc2)cc1. The van der Waals surface area contributed by atoms with Gasteiger partial charge in [0.05, 0.1) is 11.5 Å². The van der Waals surface area contributed by atoms with Crippen LogP contribution in [0.3, 0.4) is 0 Å². The Labute approximate surface area is 206 Å². The summed E-state index contributed by atoms with van der Waals surface area (Å²) in [4.78, 5) is 17.7. The molecule has 0 atom stereocenters. The van der Waals surface area contributed by atoms with Gasteiger partial charge < -0.3 is 10.1 Å². The zero-order valence-corrected chi connectivity index (χ0v) is 20.3. The highest BCUT2D eigenvalue weighted by Gasteiger charge is 2.15. The molecule has 0 aliphatic carbocycles. The fourth-order valence-corrected chi connectivity index (χ4v) is 5.45. The van der Waals surface area contributed by atoms with Gasteiger partial charge in [-0.2, -0.15) is 0 Å². The summed E-state index contributed by atoms with van der Waals surface area (Å²) in [6.07, 6.45) is 1.52. The van der Waals surface area contributed by atoms with E-state index in [0.717, 1.165) is 5.75 Å². The summed E-state index contributed by atoms with van der Waals surface area (Å²) in [6, 6.07) is 22.9. The Balaban J connectivity index is 1.27. The van der Waals surface area contributed by atoms with Crippen LogP contribution in [0.25, 0.3) is 0 Å². The number of nitrogens with zero attached hydrogens (tertiary/aromatic N) is 1. The monoisotopic (exact) mass is 511 g/mol. The van der Waals surface area contributed by atoms with Crippen molar-refractivity contribution in [3.63, 3.8) is 0 Å². The van der Waals surface area contributed by atoms with Crippen molar-refractivity contribution in [3.8, 4) is 5.75 Å². The Morgan fingerprint density at radius 3 is 2.38 bits per heavy atom. The van der Waals surface area contributed by atoms with Gasteiger partial charge in [-0.15, -0.1) is 23.1 Å². The first kappa shape index (κ1) is 23.8. The lowest BCUT2D eigenvalue weighted by molar-refractivity contribution is 0.102. The third kappa shape index (κ3) is 6.60. The molecule has 1 heterocycles. The van der Waals surface area contributed by atoms with Gasteiger partial charge in [0.25, 0.3) is 15.9 Å². The highest BCUT2D eigenvalue weighted by atomic mass is 32.2. The van der Waals surface area contributed by atoms with E-state index in [1.807, 2.05) is 18.2 Å². The lowest BCUT2D eigenvalue weighted by Gasteiger charge is -2.09. The van der Waals surface area contributed by atoms with Gasteiger partial charge >= 0.3 is 0 Å². The van der Waals surface area contributed by atoms with Crippen molar-refractivity contribution < 1.29 is 17.9 Å². The first-order valence-corrected chi connectivity index (χ1v) is 13.6. The molecule has 1 amide bonds. The molecule has 174 valence electrons. The van der Waals surface area contributed by atoms with E-state index in [0.29, 0.717) is 28.7 Å². The molecule has 1 aromatic heterocycles. The maximum Gasteiger partial charge on any atom is 0.263 e. The number of thioether (sulfide) groups is 1. The number of sulfonamides is 1. The summed E-state index contributed by atoms with van der Waals surface area (Å²) in [6.45, 7) is 0.553. The largest absolute Gasteiger partial charge is 0.493 e. The fourth-order valence-electron chi connectivity index (χ4n) is 2.91. The first-order chi connectivity index (χ1) is 16.5. The zero-order chi connectivity index (χ0) is 23.8. The van der Waals surface area contributed by atoms with E-state index in [1.165, 1.54) is 46.7 Å². The molecule has 0 aliphatic rings. The number of carbonyl (C=O) groups excluding carboxylic acids is 1. The van der Waals surface area contributed by atoms with Crippen LogP contribution in [0.5, 0.6) is 5.75 Å². The maximum absolute atomic E-state index is 12.5. The van der Waals surface area contributed by atoms with Crippen molar-refractivity contribution >= 4 is 49.8 Å². The van der Waals surface area contributed by atoms with Crippen molar-refractivity contribution in [2.45, 2.75) is 9.79 Å². The van der Waals surface area contributed by atoms with Gasteiger partial charge in [0.1, 0.15) is 5.75 Å². The van der Waals surface area contributed by atoms with Gasteiger partial charge in [-0.1, -0.05) is 18.2 Å². The number of ether oxygens (including phenoxy) is 1. The second-order valence-corrected chi connectivity index (χ2v) is 10.7. The minimum absolute atomic E-state index is 0.0765. The Morgan fingerprint density at radius 2 is 1.71 bits per heavy atom.